The Morgan fingerprint density at radius 2 is 1.41 bits per heavy atom. The molecule has 0 atom stereocenters. The third-order valence-electron chi connectivity index (χ3n) is 3.00. The van der Waals surface area contributed by atoms with Crippen LogP contribution in [0.2, 0.25) is 0 Å². The lowest BCUT2D eigenvalue weighted by Crippen LogP contribution is -2.06. The fourth-order valence-corrected chi connectivity index (χ4v) is 2.26. The van der Waals surface area contributed by atoms with Gasteiger partial charge in [0.1, 0.15) is 5.75 Å². The van der Waals surface area contributed by atoms with E-state index < -0.39 is 10.4 Å². The van der Waals surface area contributed by atoms with E-state index in [4.69, 9.17) is 9.29 Å². The third-order valence-corrected chi connectivity index (χ3v) is 3.47. The summed E-state index contributed by atoms with van der Waals surface area (Å²) in [5.41, 5.74) is 2.27. The van der Waals surface area contributed by atoms with Crippen molar-refractivity contribution in [2.45, 2.75) is 12.8 Å². The second-order valence-corrected chi connectivity index (χ2v) is 5.79. The molecule has 1 N–H and O–H groups in total. The zero-order valence-corrected chi connectivity index (χ0v) is 12.8. The van der Waals surface area contributed by atoms with Gasteiger partial charge in [-0.3, -0.25) is 4.55 Å². The van der Waals surface area contributed by atoms with Crippen molar-refractivity contribution < 1.29 is 21.9 Å². The number of unbranched alkanes of at least 4 members (excludes halogenated alkanes) is 1. The lowest BCUT2D eigenvalue weighted by atomic mass is 10.1. The molecule has 0 fully saturated rings. The number of hydrogen-bond acceptors (Lipinski definition) is 4. The van der Waals surface area contributed by atoms with Gasteiger partial charge in [0.15, 0.2) is 0 Å². The second kappa shape index (κ2) is 7.93. The summed E-state index contributed by atoms with van der Waals surface area (Å²) in [6.07, 6.45) is 1.12. The van der Waals surface area contributed by atoms with E-state index in [1.54, 1.807) is 0 Å². The normalized spacial score (nSPS) is 11.3. The van der Waals surface area contributed by atoms with Gasteiger partial charge in [0.2, 0.25) is 0 Å². The second-order valence-electron chi connectivity index (χ2n) is 4.70. The van der Waals surface area contributed by atoms with Gasteiger partial charge in [0, 0.05) is 0 Å². The zero-order chi connectivity index (χ0) is 15.8. The van der Waals surface area contributed by atoms with Gasteiger partial charge in [-0.2, -0.15) is 8.42 Å². The zero-order valence-electron chi connectivity index (χ0n) is 12.0. The first-order chi connectivity index (χ1) is 10.5. The van der Waals surface area contributed by atoms with E-state index >= 15 is 0 Å². The summed E-state index contributed by atoms with van der Waals surface area (Å²) in [5, 5.41) is 0. The Balaban J connectivity index is 1.73. The molecule has 0 unspecified atom stereocenters. The SMILES string of the molecule is O=S(=O)(O)OCCCCOc1ccc(-c2ccccc2)cc1. The number of hydrogen-bond donors (Lipinski definition) is 1. The summed E-state index contributed by atoms with van der Waals surface area (Å²) < 4.78 is 38.8. The largest absolute Gasteiger partial charge is 0.494 e. The molecule has 0 heterocycles. The van der Waals surface area contributed by atoms with Crippen LogP contribution in [-0.4, -0.2) is 26.2 Å². The highest BCUT2D eigenvalue weighted by atomic mass is 32.3. The molecule has 0 aliphatic carbocycles. The summed E-state index contributed by atoms with van der Waals surface area (Å²) in [6.45, 7) is 0.411. The first kappa shape index (κ1) is 16.5. The van der Waals surface area contributed by atoms with Gasteiger partial charge >= 0.3 is 10.4 Å². The Morgan fingerprint density at radius 1 is 0.818 bits per heavy atom. The van der Waals surface area contributed by atoms with E-state index in [0.29, 0.717) is 19.4 Å². The molecule has 0 amide bonds. The molecular formula is C16H18O5S. The number of ether oxygens (including phenoxy) is 1. The van der Waals surface area contributed by atoms with E-state index in [-0.39, 0.29) is 6.61 Å². The fraction of sp³-hybridized carbons (Fsp3) is 0.250. The number of benzene rings is 2. The quantitative estimate of drug-likeness (QED) is 0.596. The summed E-state index contributed by atoms with van der Waals surface area (Å²) in [5.74, 6) is 0.760. The maximum atomic E-state index is 10.3. The Hall–Kier alpha value is -1.89. The molecule has 0 aliphatic rings. The lowest BCUT2D eigenvalue weighted by molar-refractivity contribution is 0.244. The van der Waals surface area contributed by atoms with Gasteiger partial charge in [-0.1, -0.05) is 42.5 Å². The lowest BCUT2D eigenvalue weighted by Gasteiger charge is -2.07. The molecule has 0 aliphatic heterocycles. The van der Waals surface area contributed by atoms with Crippen molar-refractivity contribution >= 4 is 10.4 Å². The molecule has 0 saturated carbocycles. The van der Waals surface area contributed by atoms with Crippen LogP contribution in [0, 0.1) is 0 Å². The van der Waals surface area contributed by atoms with E-state index in [2.05, 4.69) is 4.18 Å². The molecule has 22 heavy (non-hydrogen) atoms. The van der Waals surface area contributed by atoms with Gasteiger partial charge in [0.05, 0.1) is 13.2 Å². The van der Waals surface area contributed by atoms with Gasteiger partial charge in [-0.15, -0.1) is 0 Å². The van der Waals surface area contributed by atoms with Crippen LogP contribution in [0.3, 0.4) is 0 Å². The molecule has 118 valence electrons. The van der Waals surface area contributed by atoms with Gasteiger partial charge in [-0.05, 0) is 36.1 Å². The van der Waals surface area contributed by atoms with Crippen LogP contribution in [-0.2, 0) is 14.6 Å². The van der Waals surface area contributed by atoms with Crippen LogP contribution in [0.15, 0.2) is 54.6 Å². The first-order valence-electron chi connectivity index (χ1n) is 6.95. The third kappa shape index (κ3) is 5.85. The van der Waals surface area contributed by atoms with E-state index in [1.807, 2.05) is 54.6 Å². The molecule has 0 saturated heterocycles. The maximum Gasteiger partial charge on any atom is 0.397 e. The predicted octanol–water partition coefficient (Wildman–Crippen LogP) is 3.33. The molecule has 2 aromatic rings. The van der Waals surface area contributed by atoms with Crippen molar-refractivity contribution in [3.05, 3.63) is 54.6 Å². The molecule has 0 radical (unpaired) electrons. The van der Waals surface area contributed by atoms with Crippen LogP contribution in [0.4, 0.5) is 0 Å². The molecule has 0 spiro atoms. The minimum absolute atomic E-state index is 0.0465. The van der Waals surface area contributed by atoms with Crippen LogP contribution < -0.4 is 4.74 Å². The summed E-state index contributed by atoms with van der Waals surface area (Å²) in [6, 6.07) is 17.8. The molecule has 6 heteroatoms. The highest BCUT2D eigenvalue weighted by Gasteiger charge is 2.03. The van der Waals surface area contributed by atoms with Crippen molar-refractivity contribution in [2.24, 2.45) is 0 Å². The average Bonchev–Trinajstić information content (AvgIpc) is 2.51. The van der Waals surface area contributed by atoms with Crippen molar-refractivity contribution in [1.29, 1.82) is 0 Å². The van der Waals surface area contributed by atoms with Crippen LogP contribution in [0.5, 0.6) is 5.75 Å². The van der Waals surface area contributed by atoms with Crippen molar-refractivity contribution in [3.63, 3.8) is 0 Å². The molecule has 0 aromatic heterocycles. The van der Waals surface area contributed by atoms with Crippen molar-refractivity contribution in [2.75, 3.05) is 13.2 Å². The molecule has 0 bridgehead atoms. The van der Waals surface area contributed by atoms with Crippen LogP contribution in [0.25, 0.3) is 11.1 Å². The smallest absolute Gasteiger partial charge is 0.397 e. The van der Waals surface area contributed by atoms with Crippen LogP contribution >= 0.6 is 0 Å². The van der Waals surface area contributed by atoms with E-state index in [0.717, 1.165) is 16.9 Å². The number of rotatable bonds is 8. The average molecular weight is 322 g/mol. The minimum Gasteiger partial charge on any atom is -0.494 e. The summed E-state index contributed by atoms with van der Waals surface area (Å²) >= 11 is 0. The fourth-order valence-electron chi connectivity index (χ4n) is 1.93. The molecule has 2 aromatic carbocycles. The molecule has 5 nitrogen and oxygen atoms in total. The Bertz CT molecular complexity index is 665. The Morgan fingerprint density at radius 3 is 2.05 bits per heavy atom. The maximum absolute atomic E-state index is 10.3. The monoisotopic (exact) mass is 322 g/mol. The summed E-state index contributed by atoms with van der Waals surface area (Å²) in [7, 11) is -4.34. The highest BCUT2D eigenvalue weighted by Crippen LogP contribution is 2.22. The molecular weight excluding hydrogens is 304 g/mol. The van der Waals surface area contributed by atoms with Gasteiger partial charge in [-0.25, -0.2) is 4.18 Å². The summed E-state index contributed by atoms with van der Waals surface area (Å²) in [4.78, 5) is 0. The van der Waals surface area contributed by atoms with Crippen LogP contribution in [0.1, 0.15) is 12.8 Å². The Kier molecular flexibility index (Phi) is 5.94. The predicted molar refractivity (Wildman–Crippen MR) is 84.1 cm³/mol. The van der Waals surface area contributed by atoms with Crippen molar-refractivity contribution in [1.82, 2.24) is 0 Å². The van der Waals surface area contributed by atoms with Crippen molar-refractivity contribution in [3.8, 4) is 16.9 Å². The highest BCUT2D eigenvalue weighted by molar-refractivity contribution is 7.80. The topological polar surface area (TPSA) is 72.8 Å². The standard InChI is InChI=1S/C16H18O5S/c17-22(18,19)21-13-5-4-12-20-16-10-8-15(9-11-16)14-6-2-1-3-7-14/h1-3,6-11H,4-5,12-13H2,(H,17,18,19). The van der Waals surface area contributed by atoms with Gasteiger partial charge < -0.3 is 4.74 Å². The van der Waals surface area contributed by atoms with Gasteiger partial charge in [0.25, 0.3) is 0 Å². The van der Waals surface area contributed by atoms with E-state index in [1.165, 1.54) is 0 Å². The van der Waals surface area contributed by atoms with E-state index in [9.17, 15) is 8.42 Å². The molecule has 2 rings (SSSR count). The minimum atomic E-state index is -4.34. The Labute approximate surface area is 130 Å². The first-order valence-corrected chi connectivity index (χ1v) is 8.31.